The van der Waals surface area contributed by atoms with Crippen LogP contribution in [0.25, 0.3) is 11.0 Å². The first-order valence-corrected chi connectivity index (χ1v) is 5.53. The fourth-order valence-corrected chi connectivity index (χ4v) is 1.88. The largest absolute Gasteiger partial charge is 0.359 e. The van der Waals surface area contributed by atoms with E-state index in [1.807, 2.05) is 7.05 Å². The first-order chi connectivity index (χ1) is 7.58. The number of halogens is 1. The second kappa shape index (κ2) is 4.25. The average molecular weight is 240 g/mol. The summed E-state index contributed by atoms with van der Waals surface area (Å²) in [5.74, 6) is 1.37. The Hall–Kier alpha value is -1.36. The van der Waals surface area contributed by atoms with Crippen molar-refractivity contribution >= 4 is 28.5 Å². The zero-order chi connectivity index (χ0) is 11.7. The molecule has 0 aromatic carbocycles. The van der Waals surface area contributed by atoms with Gasteiger partial charge in [0.2, 0.25) is 5.28 Å². The molecule has 1 N–H and O–H groups in total. The van der Waals surface area contributed by atoms with Gasteiger partial charge >= 0.3 is 0 Å². The smallest absolute Gasteiger partial charge is 0.226 e. The summed E-state index contributed by atoms with van der Waals surface area (Å²) in [6, 6.07) is 0. The lowest BCUT2D eigenvalue weighted by atomic mass is 10.2. The molecule has 6 heteroatoms. The molecule has 0 aliphatic heterocycles. The first-order valence-electron chi connectivity index (χ1n) is 5.15. The molecule has 0 saturated carbocycles. The summed E-state index contributed by atoms with van der Waals surface area (Å²) in [6.07, 6.45) is 1.72. The van der Waals surface area contributed by atoms with Crippen LogP contribution in [-0.4, -0.2) is 33.8 Å². The van der Waals surface area contributed by atoms with E-state index in [2.05, 4.69) is 38.9 Å². The molecule has 0 aliphatic rings. The number of H-pyrrole nitrogens is 1. The van der Waals surface area contributed by atoms with Crippen LogP contribution in [0.3, 0.4) is 0 Å². The Morgan fingerprint density at radius 3 is 2.88 bits per heavy atom. The molecule has 2 rings (SSSR count). The van der Waals surface area contributed by atoms with Gasteiger partial charge in [-0.3, -0.25) is 5.10 Å². The Balaban J connectivity index is 2.45. The van der Waals surface area contributed by atoms with E-state index in [1.54, 1.807) is 6.20 Å². The zero-order valence-electron chi connectivity index (χ0n) is 9.53. The van der Waals surface area contributed by atoms with Crippen molar-refractivity contribution < 1.29 is 0 Å². The number of nitrogens with zero attached hydrogens (tertiary/aromatic N) is 4. The van der Waals surface area contributed by atoms with E-state index >= 15 is 0 Å². The molecule has 0 saturated heterocycles. The third kappa shape index (κ3) is 2.09. The average Bonchev–Trinajstić information content (AvgIpc) is 2.62. The molecule has 0 bridgehead atoms. The predicted octanol–water partition coefficient (Wildman–Crippen LogP) is 2.10. The third-order valence-electron chi connectivity index (χ3n) is 2.26. The number of rotatable bonds is 3. The highest BCUT2D eigenvalue weighted by Gasteiger charge is 2.13. The van der Waals surface area contributed by atoms with Gasteiger partial charge in [0.05, 0.1) is 11.6 Å². The molecule has 2 heterocycles. The van der Waals surface area contributed by atoms with Crippen LogP contribution in [0.1, 0.15) is 13.8 Å². The number of anilines is 1. The van der Waals surface area contributed by atoms with Crippen molar-refractivity contribution in [3.63, 3.8) is 0 Å². The fourth-order valence-electron chi connectivity index (χ4n) is 1.72. The van der Waals surface area contributed by atoms with Crippen molar-refractivity contribution in [2.24, 2.45) is 5.92 Å². The lowest BCUT2D eigenvalue weighted by molar-refractivity contribution is 0.635. The van der Waals surface area contributed by atoms with E-state index in [4.69, 9.17) is 11.6 Å². The van der Waals surface area contributed by atoms with E-state index in [-0.39, 0.29) is 5.28 Å². The molecule has 2 aromatic heterocycles. The second-order valence-corrected chi connectivity index (χ2v) is 4.56. The SMILES string of the molecule is CC(C)CN(C)c1nc(Cl)nc2[nH]ncc12. The molecule has 0 unspecified atom stereocenters. The van der Waals surface area contributed by atoms with Gasteiger partial charge in [-0.1, -0.05) is 13.8 Å². The van der Waals surface area contributed by atoms with Crippen LogP contribution >= 0.6 is 11.6 Å². The van der Waals surface area contributed by atoms with Crippen molar-refractivity contribution in [1.29, 1.82) is 0 Å². The predicted molar refractivity (Wildman–Crippen MR) is 64.8 cm³/mol. The molecule has 16 heavy (non-hydrogen) atoms. The first kappa shape index (κ1) is 11.1. The molecule has 0 fully saturated rings. The van der Waals surface area contributed by atoms with Crippen LogP contribution in [0.4, 0.5) is 5.82 Å². The normalized spacial score (nSPS) is 11.3. The van der Waals surface area contributed by atoms with Crippen molar-refractivity contribution in [1.82, 2.24) is 20.2 Å². The number of hydrogen-bond donors (Lipinski definition) is 1. The maximum Gasteiger partial charge on any atom is 0.226 e. The summed E-state index contributed by atoms with van der Waals surface area (Å²) >= 11 is 5.86. The Bertz CT molecular complexity index is 493. The molecule has 0 radical (unpaired) electrons. The summed E-state index contributed by atoms with van der Waals surface area (Å²) in [7, 11) is 1.99. The lowest BCUT2D eigenvalue weighted by Crippen LogP contribution is -2.23. The summed E-state index contributed by atoms with van der Waals surface area (Å²) < 4.78 is 0. The Morgan fingerprint density at radius 1 is 1.44 bits per heavy atom. The van der Waals surface area contributed by atoms with Gasteiger partial charge in [0, 0.05) is 13.6 Å². The van der Waals surface area contributed by atoms with E-state index in [0.717, 1.165) is 17.7 Å². The van der Waals surface area contributed by atoms with Crippen LogP contribution in [0.15, 0.2) is 6.20 Å². The summed E-state index contributed by atoms with van der Waals surface area (Å²) in [5, 5.41) is 7.88. The fraction of sp³-hybridized carbons (Fsp3) is 0.500. The monoisotopic (exact) mass is 239 g/mol. The van der Waals surface area contributed by atoms with Crippen LogP contribution in [0.2, 0.25) is 5.28 Å². The van der Waals surface area contributed by atoms with Crippen molar-refractivity contribution in [3.05, 3.63) is 11.5 Å². The van der Waals surface area contributed by atoms with Crippen LogP contribution in [-0.2, 0) is 0 Å². The van der Waals surface area contributed by atoms with Gasteiger partial charge < -0.3 is 4.90 Å². The van der Waals surface area contributed by atoms with Crippen LogP contribution < -0.4 is 4.90 Å². The molecule has 0 amide bonds. The number of aromatic amines is 1. The summed E-state index contributed by atoms with van der Waals surface area (Å²) in [6.45, 7) is 5.23. The van der Waals surface area contributed by atoms with Gasteiger partial charge in [0.25, 0.3) is 0 Å². The Kier molecular flexibility index (Phi) is 2.96. The molecule has 86 valence electrons. The van der Waals surface area contributed by atoms with Gasteiger partial charge in [-0.15, -0.1) is 0 Å². The van der Waals surface area contributed by atoms with Gasteiger partial charge in [-0.2, -0.15) is 15.1 Å². The molecule has 5 nitrogen and oxygen atoms in total. The maximum absolute atomic E-state index is 5.86. The molecule has 0 atom stereocenters. The van der Waals surface area contributed by atoms with Gasteiger partial charge in [0.1, 0.15) is 5.82 Å². The molecule has 0 aliphatic carbocycles. The van der Waals surface area contributed by atoms with Gasteiger partial charge in [-0.25, -0.2) is 0 Å². The minimum atomic E-state index is 0.238. The topological polar surface area (TPSA) is 57.7 Å². The Labute approximate surface area is 98.8 Å². The minimum absolute atomic E-state index is 0.238. The third-order valence-corrected chi connectivity index (χ3v) is 2.43. The van der Waals surface area contributed by atoms with E-state index in [0.29, 0.717) is 11.6 Å². The standard InChI is InChI=1S/C10H14ClN5/c1-6(2)5-16(3)9-7-4-12-15-8(7)13-10(11)14-9/h4,6H,5H2,1-3H3,(H,12,13,14,15). The second-order valence-electron chi connectivity index (χ2n) is 4.22. The molecular weight excluding hydrogens is 226 g/mol. The molecule has 0 spiro atoms. The van der Waals surface area contributed by atoms with Crippen molar-refractivity contribution in [2.45, 2.75) is 13.8 Å². The number of fused-ring (bicyclic) bond motifs is 1. The minimum Gasteiger partial charge on any atom is -0.359 e. The molecule has 2 aromatic rings. The molecular formula is C10H14ClN5. The van der Waals surface area contributed by atoms with Crippen molar-refractivity contribution in [3.8, 4) is 0 Å². The Morgan fingerprint density at radius 2 is 2.19 bits per heavy atom. The highest BCUT2D eigenvalue weighted by molar-refractivity contribution is 6.28. The zero-order valence-corrected chi connectivity index (χ0v) is 10.3. The highest BCUT2D eigenvalue weighted by Crippen LogP contribution is 2.23. The highest BCUT2D eigenvalue weighted by atomic mass is 35.5. The van der Waals surface area contributed by atoms with E-state index < -0.39 is 0 Å². The van der Waals surface area contributed by atoms with Gasteiger partial charge in [0.15, 0.2) is 5.65 Å². The summed E-state index contributed by atoms with van der Waals surface area (Å²) in [4.78, 5) is 10.4. The van der Waals surface area contributed by atoms with Crippen molar-refractivity contribution in [2.75, 3.05) is 18.5 Å². The number of hydrogen-bond acceptors (Lipinski definition) is 4. The van der Waals surface area contributed by atoms with E-state index in [9.17, 15) is 0 Å². The lowest BCUT2D eigenvalue weighted by Gasteiger charge is -2.20. The maximum atomic E-state index is 5.86. The van der Waals surface area contributed by atoms with E-state index in [1.165, 1.54) is 0 Å². The number of nitrogens with one attached hydrogen (secondary N) is 1. The number of aromatic nitrogens is 4. The van der Waals surface area contributed by atoms with Crippen LogP contribution in [0, 0.1) is 5.92 Å². The van der Waals surface area contributed by atoms with Gasteiger partial charge in [-0.05, 0) is 17.5 Å². The quantitative estimate of drug-likeness (QED) is 0.834. The summed E-state index contributed by atoms with van der Waals surface area (Å²) in [5.41, 5.74) is 0.672. The van der Waals surface area contributed by atoms with Crippen LogP contribution in [0.5, 0.6) is 0 Å².